The molecule has 0 heterocycles. The van der Waals surface area contributed by atoms with Crippen LogP contribution in [0.2, 0.25) is 0 Å². The van der Waals surface area contributed by atoms with Crippen LogP contribution in [-0.4, -0.2) is 43.5 Å². The van der Waals surface area contributed by atoms with Crippen molar-refractivity contribution in [3.8, 4) is 5.75 Å². The number of carbonyl (C=O) groups excluding carboxylic acids is 2. The molecule has 0 aromatic heterocycles. The van der Waals surface area contributed by atoms with Crippen LogP contribution in [0.3, 0.4) is 0 Å². The number of methoxy groups -OCH3 is 1. The van der Waals surface area contributed by atoms with Crippen molar-refractivity contribution in [3.05, 3.63) is 65.7 Å². The molecule has 0 saturated heterocycles. The van der Waals surface area contributed by atoms with Gasteiger partial charge in [0, 0.05) is 20.0 Å². The number of carbonyl (C=O) groups is 2. The molecule has 0 bridgehead atoms. The van der Waals surface area contributed by atoms with Crippen molar-refractivity contribution in [2.45, 2.75) is 19.8 Å². The van der Waals surface area contributed by atoms with Crippen LogP contribution >= 0.6 is 0 Å². The van der Waals surface area contributed by atoms with Gasteiger partial charge in [-0.3, -0.25) is 9.59 Å². The first-order chi connectivity index (χ1) is 12.6. The van der Waals surface area contributed by atoms with Crippen molar-refractivity contribution < 1.29 is 14.3 Å². The summed E-state index contributed by atoms with van der Waals surface area (Å²) in [4.78, 5) is 25.5. The molecule has 138 valence electrons. The van der Waals surface area contributed by atoms with Gasteiger partial charge in [0.25, 0.3) is 0 Å². The predicted octanol–water partition coefficient (Wildman–Crippen LogP) is 2.45. The molecule has 0 aliphatic carbocycles. The maximum Gasteiger partial charge on any atom is 0.239 e. The van der Waals surface area contributed by atoms with Gasteiger partial charge < -0.3 is 15.0 Å². The molecule has 0 atom stereocenters. The number of hydrogen-bond donors (Lipinski definition) is 1. The first-order valence-electron chi connectivity index (χ1n) is 8.77. The van der Waals surface area contributed by atoms with E-state index in [2.05, 4.69) is 5.32 Å². The first-order valence-corrected chi connectivity index (χ1v) is 8.77. The van der Waals surface area contributed by atoms with E-state index in [1.54, 1.807) is 12.0 Å². The van der Waals surface area contributed by atoms with Crippen molar-refractivity contribution in [3.63, 3.8) is 0 Å². The molecule has 2 rings (SSSR count). The second-order valence-corrected chi connectivity index (χ2v) is 6.13. The average Bonchev–Trinajstić information content (AvgIpc) is 2.66. The van der Waals surface area contributed by atoms with Crippen LogP contribution in [0.4, 0.5) is 0 Å². The second-order valence-electron chi connectivity index (χ2n) is 6.13. The Kier molecular flexibility index (Phi) is 7.68. The number of amides is 2. The molecule has 2 aromatic carbocycles. The number of nitrogens with one attached hydrogen (secondary N) is 1. The summed E-state index contributed by atoms with van der Waals surface area (Å²) in [5.74, 6) is 0.567. The number of rotatable bonds is 9. The Balaban J connectivity index is 1.77. The third-order valence-corrected chi connectivity index (χ3v) is 4.16. The normalized spacial score (nSPS) is 10.2. The van der Waals surface area contributed by atoms with Crippen molar-refractivity contribution in [2.24, 2.45) is 0 Å². The highest BCUT2D eigenvalue weighted by atomic mass is 16.5. The molecule has 2 amide bonds. The summed E-state index contributed by atoms with van der Waals surface area (Å²) in [6, 6.07) is 17.7. The summed E-state index contributed by atoms with van der Waals surface area (Å²) in [6.45, 7) is 2.63. The molecule has 0 aliphatic rings. The third kappa shape index (κ3) is 6.59. The average molecular weight is 354 g/mol. The Bertz CT molecular complexity index is 716. The van der Waals surface area contributed by atoms with Crippen LogP contribution in [0.1, 0.15) is 18.1 Å². The summed E-state index contributed by atoms with van der Waals surface area (Å²) in [5, 5.41) is 2.88. The van der Waals surface area contributed by atoms with Gasteiger partial charge in [0.2, 0.25) is 11.8 Å². The Morgan fingerprint density at radius 1 is 1.00 bits per heavy atom. The monoisotopic (exact) mass is 354 g/mol. The lowest BCUT2D eigenvalue weighted by Crippen LogP contribution is -2.41. The van der Waals surface area contributed by atoms with Crippen molar-refractivity contribution >= 4 is 11.8 Å². The van der Waals surface area contributed by atoms with Crippen LogP contribution in [0.5, 0.6) is 5.75 Å². The number of hydrogen-bond acceptors (Lipinski definition) is 3. The van der Waals surface area contributed by atoms with Gasteiger partial charge in [0.05, 0.1) is 13.7 Å². The lowest BCUT2D eigenvalue weighted by Gasteiger charge is -2.20. The Hall–Kier alpha value is -2.82. The van der Waals surface area contributed by atoms with E-state index in [4.69, 9.17) is 4.74 Å². The van der Waals surface area contributed by atoms with E-state index in [0.717, 1.165) is 23.3 Å². The summed E-state index contributed by atoms with van der Waals surface area (Å²) in [5.41, 5.74) is 2.24. The predicted molar refractivity (Wildman–Crippen MR) is 102 cm³/mol. The standard InChI is InChI=1S/C21H26N2O3/c1-17(24)23(14-12-18-7-4-3-5-8-18)16-21(25)22-13-11-19-9-6-10-20(15-19)26-2/h3-10,15H,11-14,16H2,1-2H3,(H,22,25). The number of benzene rings is 2. The second kappa shape index (κ2) is 10.2. The molecule has 5 heteroatoms. The molecule has 0 saturated carbocycles. The van der Waals surface area contributed by atoms with Crippen LogP contribution < -0.4 is 10.1 Å². The zero-order chi connectivity index (χ0) is 18.8. The maximum atomic E-state index is 12.2. The van der Waals surface area contributed by atoms with Crippen LogP contribution in [0, 0.1) is 0 Å². The van der Waals surface area contributed by atoms with E-state index >= 15 is 0 Å². The van der Waals surface area contributed by atoms with Gasteiger partial charge >= 0.3 is 0 Å². The van der Waals surface area contributed by atoms with Gasteiger partial charge in [0.1, 0.15) is 5.75 Å². The lowest BCUT2D eigenvalue weighted by atomic mass is 10.1. The maximum absolute atomic E-state index is 12.2. The van der Waals surface area contributed by atoms with Crippen LogP contribution in [-0.2, 0) is 22.4 Å². The summed E-state index contributed by atoms with van der Waals surface area (Å²) in [6.07, 6.45) is 1.45. The van der Waals surface area contributed by atoms with E-state index in [0.29, 0.717) is 19.5 Å². The fraction of sp³-hybridized carbons (Fsp3) is 0.333. The minimum Gasteiger partial charge on any atom is -0.497 e. The fourth-order valence-electron chi connectivity index (χ4n) is 2.66. The molecule has 2 aromatic rings. The van der Waals surface area contributed by atoms with Gasteiger partial charge in [-0.05, 0) is 36.1 Å². The molecule has 5 nitrogen and oxygen atoms in total. The highest BCUT2D eigenvalue weighted by Gasteiger charge is 2.13. The molecule has 0 spiro atoms. The third-order valence-electron chi connectivity index (χ3n) is 4.16. The largest absolute Gasteiger partial charge is 0.497 e. The lowest BCUT2D eigenvalue weighted by molar-refractivity contribution is -0.134. The van der Waals surface area contributed by atoms with Crippen LogP contribution in [0.25, 0.3) is 0 Å². The molecular weight excluding hydrogens is 328 g/mol. The zero-order valence-electron chi connectivity index (χ0n) is 15.4. The topological polar surface area (TPSA) is 58.6 Å². The molecule has 0 aliphatic heterocycles. The van der Waals surface area contributed by atoms with Gasteiger partial charge in [-0.25, -0.2) is 0 Å². The summed E-state index contributed by atoms with van der Waals surface area (Å²) < 4.78 is 5.19. The van der Waals surface area contributed by atoms with Gasteiger partial charge in [-0.2, -0.15) is 0 Å². The van der Waals surface area contributed by atoms with Crippen molar-refractivity contribution in [2.75, 3.05) is 26.7 Å². The van der Waals surface area contributed by atoms with Gasteiger partial charge in [-0.15, -0.1) is 0 Å². The molecular formula is C21H26N2O3. The Morgan fingerprint density at radius 3 is 2.42 bits per heavy atom. The molecule has 0 radical (unpaired) electrons. The SMILES string of the molecule is COc1cccc(CCNC(=O)CN(CCc2ccccc2)C(C)=O)c1. The van der Waals surface area contributed by atoms with Crippen molar-refractivity contribution in [1.82, 2.24) is 10.2 Å². The van der Waals surface area contributed by atoms with E-state index < -0.39 is 0 Å². The zero-order valence-corrected chi connectivity index (χ0v) is 15.4. The molecule has 26 heavy (non-hydrogen) atoms. The van der Waals surface area contributed by atoms with Gasteiger partial charge in [-0.1, -0.05) is 42.5 Å². The summed E-state index contributed by atoms with van der Waals surface area (Å²) in [7, 11) is 1.63. The quantitative estimate of drug-likeness (QED) is 0.752. The van der Waals surface area contributed by atoms with E-state index in [-0.39, 0.29) is 18.4 Å². The molecule has 0 fully saturated rings. The summed E-state index contributed by atoms with van der Waals surface area (Å²) >= 11 is 0. The smallest absolute Gasteiger partial charge is 0.239 e. The van der Waals surface area contributed by atoms with Crippen molar-refractivity contribution in [1.29, 1.82) is 0 Å². The van der Waals surface area contributed by atoms with Crippen LogP contribution in [0.15, 0.2) is 54.6 Å². The number of nitrogens with zero attached hydrogens (tertiary/aromatic N) is 1. The molecule has 1 N–H and O–H groups in total. The van der Waals surface area contributed by atoms with E-state index in [9.17, 15) is 9.59 Å². The first kappa shape index (κ1) is 19.5. The molecule has 0 unspecified atom stereocenters. The fourth-order valence-corrected chi connectivity index (χ4v) is 2.66. The van der Waals surface area contributed by atoms with E-state index in [1.807, 2.05) is 54.6 Å². The number of ether oxygens (including phenoxy) is 1. The van der Waals surface area contributed by atoms with Gasteiger partial charge in [0.15, 0.2) is 0 Å². The minimum absolute atomic E-state index is 0.0836. The highest BCUT2D eigenvalue weighted by molar-refractivity contribution is 5.83. The highest BCUT2D eigenvalue weighted by Crippen LogP contribution is 2.12. The minimum atomic E-state index is -0.142. The Labute approximate surface area is 155 Å². The Morgan fingerprint density at radius 2 is 1.73 bits per heavy atom. The van der Waals surface area contributed by atoms with E-state index in [1.165, 1.54) is 6.92 Å².